The number of amides is 2. The minimum Gasteiger partial charge on any atom is -0.352 e. The molecule has 3 aromatic rings. The third-order valence-electron chi connectivity index (χ3n) is 8.00. The molecule has 1 saturated carbocycles. The van der Waals surface area contributed by atoms with Crippen molar-refractivity contribution in [2.24, 2.45) is 0 Å². The van der Waals surface area contributed by atoms with Crippen molar-refractivity contribution in [2.75, 3.05) is 17.1 Å². The molecule has 0 aliphatic heterocycles. The molecule has 0 unspecified atom stereocenters. The van der Waals surface area contributed by atoms with Crippen molar-refractivity contribution in [3.05, 3.63) is 101 Å². The van der Waals surface area contributed by atoms with Crippen LogP contribution in [0, 0.1) is 12.7 Å². The summed E-state index contributed by atoms with van der Waals surface area (Å²) in [6.07, 6.45) is 6.67. The Morgan fingerprint density at radius 2 is 1.58 bits per heavy atom. The van der Waals surface area contributed by atoms with Crippen molar-refractivity contribution in [1.82, 2.24) is 10.2 Å². The van der Waals surface area contributed by atoms with Gasteiger partial charge >= 0.3 is 0 Å². The van der Waals surface area contributed by atoms with Crippen molar-refractivity contribution >= 4 is 27.5 Å². The number of nitrogens with one attached hydrogen (secondary N) is 1. The number of sulfonamides is 1. The predicted octanol–water partition coefficient (Wildman–Crippen LogP) is 5.77. The highest BCUT2D eigenvalue weighted by atomic mass is 32.2. The number of hydrogen-bond donors (Lipinski definition) is 1. The average Bonchev–Trinajstić information content (AvgIpc) is 2.99. The zero-order valence-electron chi connectivity index (χ0n) is 25.0. The van der Waals surface area contributed by atoms with Crippen molar-refractivity contribution in [3.8, 4) is 0 Å². The van der Waals surface area contributed by atoms with E-state index in [0.29, 0.717) is 11.3 Å². The van der Waals surface area contributed by atoms with Gasteiger partial charge in [-0.25, -0.2) is 12.8 Å². The smallest absolute Gasteiger partial charge is 0.243 e. The Labute approximate surface area is 255 Å². The lowest BCUT2D eigenvalue weighted by Crippen LogP contribution is -2.53. The molecule has 0 spiro atoms. The monoisotopic (exact) mass is 607 g/mol. The highest BCUT2D eigenvalue weighted by Crippen LogP contribution is 2.23. The van der Waals surface area contributed by atoms with Crippen LogP contribution < -0.4 is 9.62 Å². The zero-order chi connectivity index (χ0) is 30.8. The van der Waals surface area contributed by atoms with Crippen LogP contribution in [0.1, 0.15) is 61.6 Å². The second kappa shape index (κ2) is 15.1. The first-order valence-electron chi connectivity index (χ1n) is 15.0. The first kappa shape index (κ1) is 32.2. The van der Waals surface area contributed by atoms with E-state index in [1.807, 2.05) is 49.4 Å². The molecule has 230 valence electrons. The van der Waals surface area contributed by atoms with E-state index in [1.165, 1.54) is 15.3 Å². The Morgan fingerprint density at radius 1 is 0.930 bits per heavy atom. The largest absolute Gasteiger partial charge is 0.352 e. The maximum atomic E-state index is 14.9. The van der Waals surface area contributed by atoms with Crippen molar-refractivity contribution in [1.29, 1.82) is 0 Å². The molecule has 2 amide bonds. The summed E-state index contributed by atoms with van der Waals surface area (Å²) in [5, 5.41) is 3.18. The SMILES string of the molecule is Cc1ccc(N(CCCC(=O)N(Cc2ccccc2F)[C@H](Cc2ccccc2)C(=O)NC2CCCCC2)S(C)(=O)=O)cc1. The van der Waals surface area contributed by atoms with E-state index in [9.17, 15) is 22.4 Å². The first-order valence-corrected chi connectivity index (χ1v) is 16.9. The van der Waals surface area contributed by atoms with E-state index in [4.69, 9.17) is 0 Å². The molecule has 0 heterocycles. The Bertz CT molecular complexity index is 1460. The molecule has 3 aromatic carbocycles. The number of aryl methyl sites for hydroxylation is 1. The van der Waals surface area contributed by atoms with Crippen molar-refractivity contribution < 1.29 is 22.4 Å². The van der Waals surface area contributed by atoms with E-state index in [1.54, 1.807) is 30.3 Å². The summed E-state index contributed by atoms with van der Waals surface area (Å²) >= 11 is 0. The van der Waals surface area contributed by atoms with E-state index in [0.717, 1.165) is 49.5 Å². The summed E-state index contributed by atoms with van der Waals surface area (Å²) in [4.78, 5) is 29.3. The minimum absolute atomic E-state index is 0.00562. The van der Waals surface area contributed by atoms with Crippen LogP contribution >= 0.6 is 0 Å². The number of halogens is 1. The molecule has 1 atom stereocenters. The Hall–Kier alpha value is -3.72. The number of rotatable bonds is 13. The van der Waals surface area contributed by atoms with Crippen LogP contribution in [0.2, 0.25) is 0 Å². The van der Waals surface area contributed by atoms with Crippen LogP contribution in [0.4, 0.5) is 10.1 Å². The van der Waals surface area contributed by atoms with Gasteiger partial charge in [0.25, 0.3) is 0 Å². The minimum atomic E-state index is -3.60. The molecule has 4 rings (SSSR count). The van der Waals surface area contributed by atoms with Gasteiger partial charge in [-0.05, 0) is 49.9 Å². The predicted molar refractivity (Wildman–Crippen MR) is 169 cm³/mol. The molecule has 43 heavy (non-hydrogen) atoms. The lowest BCUT2D eigenvalue weighted by Gasteiger charge is -2.34. The fourth-order valence-corrected chi connectivity index (χ4v) is 6.59. The fourth-order valence-electron chi connectivity index (χ4n) is 5.62. The summed E-state index contributed by atoms with van der Waals surface area (Å²) in [5.74, 6) is -1.03. The van der Waals surface area contributed by atoms with Gasteiger partial charge in [-0.15, -0.1) is 0 Å². The second-order valence-corrected chi connectivity index (χ2v) is 13.3. The summed E-state index contributed by atoms with van der Waals surface area (Å²) in [6, 6.07) is 22.1. The lowest BCUT2D eigenvalue weighted by molar-refractivity contribution is -0.141. The molecular weight excluding hydrogens is 565 g/mol. The van der Waals surface area contributed by atoms with Gasteiger partial charge in [0.1, 0.15) is 11.9 Å². The van der Waals surface area contributed by atoms with Gasteiger partial charge in [0, 0.05) is 37.5 Å². The van der Waals surface area contributed by atoms with Crippen LogP contribution in [0.5, 0.6) is 0 Å². The molecule has 1 N–H and O–H groups in total. The highest BCUT2D eigenvalue weighted by Gasteiger charge is 2.32. The van der Waals surface area contributed by atoms with Crippen molar-refractivity contribution in [2.45, 2.75) is 76.9 Å². The first-order chi connectivity index (χ1) is 20.6. The van der Waals surface area contributed by atoms with Crippen LogP contribution in [-0.4, -0.2) is 50.0 Å². The molecule has 1 fully saturated rings. The van der Waals surface area contributed by atoms with Gasteiger partial charge in [0.05, 0.1) is 11.9 Å². The maximum absolute atomic E-state index is 14.9. The lowest BCUT2D eigenvalue weighted by atomic mass is 9.94. The number of nitrogens with zero attached hydrogens (tertiary/aromatic N) is 2. The third-order valence-corrected chi connectivity index (χ3v) is 9.19. The standard InChI is InChI=1S/C34H42FN3O4S/c1-26-19-21-30(22-20-26)38(43(2,41)42)23-11-18-33(39)37(25-28-14-9-10-17-31(28)35)32(24-27-12-5-3-6-13-27)34(40)36-29-15-7-4-8-16-29/h3,5-6,9-10,12-14,17,19-22,29,32H,4,7-8,11,15-16,18,23-25H2,1-2H3,(H,36,40)/t32-/m1/s1. The molecular formula is C34H42FN3O4S. The van der Waals surface area contributed by atoms with Crippen LogP contribution in [0.15, 0.2) is 78.9 Å². The molecule has 1 aliphatic rings. The van der Waals surface area contributed by atoms with Crippen LogP contribution in [0.3, 0.4) is 0 Å². The Morgan fingerprint density at radius 3 is 2.23 bits per heavy atom. The van der Waals surface area contributed by atoms with Crippen molar-refractivity contribution in [3.63, 3.8) is 0 Å². The number of carbonyl (C=O) groups excluding carboxylic acids is 2. The number of hydrogen-bond acceptors (Lipinski definition) is 4. The molecule has 0 radical (unpaired) electrons. The van der Waals surface area contributed by atoms with Gasteiger partial charge in [-0.1, -0.05) is 85.5 Å². The third kappa shape index (κ3) is 9.38. The van der Waals surface area contributed by atoms with E-state index >= 15 is 0 Å². The van der Waals surface area contributed by atoms with E-state index in [-0.39, 0.29) is 50.2 Å². The van der Waals surface area contributed by atoms with E-state index < -0.39 is 21.9 Å². The molecule has 0 saturated heterocycles. The van der Waals surface area contributed by atoms with Crippen LogP contribution in [-0.2, 0) is 32.6 Å². The van der Waals surface area contributed by atoms with Gasteiger partial charge in [0.15, 0.2) is 0 Å². The normalized spacial score (nSPS) is 14.6. The second-order valence-electron chi connectivity index (χ2n) is 11.4. The number of anilines is 1. The topological polar surface area (TPSA) is 86.8 Å². The maximum Gasteiger partial charge on any atom is 0.243 e. The van der Waals surface area contributed by atoms with Gasteiger partial charge < -0.3 is 10.2 Å². The average molecular weight is 608 g/mol. The molecule has 0 aromatic heterocycles. The van der Waals surface area contributed by atoms with E-state index in [2.05, 4.69) is 5.32 Å². The van der Waals surface area contributed by atoms with Gasteiger partial charge in [0.2, 0.25) is 21.8 Å². The Kier molecular flexibility index (Phi) is 11.3. The summed E-state index contributed by atoms with van der Waals surface area (Å²) < 4.78 is 41.4. The quantitative estimate of drug-likeness (QED) is 0.267. The molecule has 7 nitrogen and oxygen atoms in total. The molecule has 9 heteroatoms. The zero-order valence-corrected chi connectivity index (χ0v) is 25.9. The van der Waals surface area contributed by atoms with Gasteiger partial charge in [-0.3, -0.25) is 13.9 Å². The molecule has 1 aliphatic carbocycles. The number of benzene rings is 3. The summed E-state index contributed by atoms with van der Waals surface area (Å²) in [7, 11) is -3.60. The van der Waals surface area contributed by atoms with Gasteiger partial charge in [-0.2, -0.15) is 0 Å². The Balaban J connectivity index is 1.59. The highest BCUT2D eigenvalue weighted by molar-refractivity contribution is 7.92. The molecule has 0 bridgehead atoms. The summed E-state index contributed by atoms with van der Waals surface area (Å²) in [6.45, 7) is 1.95. The van der Waals surface area contributed by atoms with Crippen LogP contribution in [0.25, 0.3) is 0 Å². The summed E-state index contributed by atoms with van der Waals surface area (Å²) in [5.41, 5.74) is 2.74. The number of carbonyl (C=O) groups is 2. The fraction of sp³-hybridized carbons (Fsp3) is 0.412.